The molecule has 1 aromatic carbocycles. The van der Waals surface area contributed by atoms with Crippen LogP contribution in [0.4, 0.5) is 0 Å². The lowest BCUT2D eigenvalue weighted by Gasteiger charge is -2.14. The van der Waals surface area contributed by atoms with Gasteiger partial charge in [-0.3, -0.25) is 0 Å². The van der Waals surface area contributed by atoms with Crippen LogP contribution in [0, 0.1) is 0 Å². The number of methoxy groups -OCH3 is 1. The first kappa shape index (κ1) is 14.3. The first-order valence-electron chi connectivity index (χ1n) is 6.51. The zero-order valence-electron chi connectivity index (χ0n) is 11.9. The molecule has 0 aliphatic carbocycles. The third kappa shape index (κ3) is 3.27. The summed E-state index contributed by atoms with van der Waals surface area (Å²) in [7, 11) is 1.61. The Hall–Kier alpha value is -2.08. The van der Waals surface area contributed by atoms with Crippen molar-refractivity contribution < 1.29 is 14.0 Å². The standard InChI is InChI=1S/C14H19N3O3/c1-4-13-16-14(20-17-13)8-19-12-7-10(18-3)5-6-11(12)9(2)15/h5-7,9H,4,8,15H2,1-3H3/t9-/m1/s1. The Morgan fingerprint density at radius 1 is 1.40 bits per heavy atom. The second-order valence-electron chi connectivity index (χ2n) is 4.44. The lowest BCUT2D eigenvalue weighted by molar-refractivity contribution is 0.239. The summed E-state index contributed by atoms with van der Waals surface area (Å²) in [5.41, 5.74) is 6.83. The van der Waals surface area contributed by atoms with Crippen LogP contribution in [0.15, 0.2) is 22.7 Å². The van der Waals surface area contributed by atoms with Crippen molar-refractivity contribution in [3.8, 4) is 11.5 Å². The second-order valence-corrected chi connectivity index (χ2v) is 4.44. The van der Waals surface area contributed by atoms with Crippen LogP contribution in [0.25, 0.3) is 0 Å². The van der Waals surface area contributed by atoms with Gasteiger partial charge in [0.15, 0.2) is 12.4 Å². The van der Waals surface area contributed by atoms with Crippen molar-refractivity contribution in [3.05, 3.63) is 35.5 Å². The van der Waals surface area contributed by atoms with Crippen molar-refractivity contribution >= 4 is 0 Å². The van der Waals surface area contributed by atoms with Gasteiger partial charge in [-0.2, -0.15) is 4.98 Å². The fourth-order valence-corrected chi connectivity index (χ4v) is 1.77. The molecule has 0 saturated heterocycles. The van der Waals surface area contributed by atoms with Gasteiger partial charge in [-0.25, -0.2) is 0 Å². The average Bonchev–Trinajstić information content (AvgIpc) is 2.92. The average molecular weight is 277 g/mol. The Balaban J connectivity index is 2.14. The molecule has 1 aromatic heterocycles. The van der Waals surface area contributed by atoms with Gasteiger partial charge in [0.25, 0.3) is 5.89 Å². The molecule has 2 aromatic rings. The summed E-state index contributed by atoms with van der Waals surface area (Å²) in [6, 6.07) is 5.41. The molecular formula is C14H19N3O3. The molecule has 0 aliphatic rings. The highest BCUT2D eigenvalue weighted by Gasteiger charge is 2.12. The fraction of sp³-hybridized carbons (Fsp3) is 0.429. The summed E-state index contributed by atoms with van der Waals surface area (Å²) in [6.07, 6.45) is 0.730. The van der Waals surface area contributed by atoms with Gasteiger partial charge >= 0.3 is 0 Å². The normalized spacial score (nSPS) is 12.2. The van der Waals surface area contributed by atoms with E-state index in [0.29, 0.717) is 23.2 Å². The van der Waals surface area contributed by atoms with Crippen LogP contribution in [0.5, 0.6) is 11.5 Å². The largest absolute Gasteiger partial charge is 0.497 e. The molecule has 0 unspecified atom stereocenters. The third-order valence-corrected chi connectivity index (χ3v) is 2.89. The molecule has 0 saturated carbocycles. The monoisotopic (exact) mass is 277 g/mol. The molecule has 2 N–H and O–H groups in total. The summed E-state index contributed by atoms with van der Waals surface area (Å²) in [4.78, 5) is 4.20. The molecule has 2 rings (SSSR count). The zero-order valence-corrected chi connectivity index (χ0v) is 11.9. The van der Waals surface area contributed by atoms with E-state index in [-0.39, 0.29) is 12.6 Å². The number of rotatable bonds is 6. The fourth-order valence-electron chi connectivity index (χ4n) is 1.77. The summed E-state index contributed by atoms with van der Waals surface area (Å²) in [5, 5.41) is 3.82. The number of benzene rings is 1. The molecule has 1 heterocycles. The van der Waals surface area contributed by atoms with Gasteiger partial charge < -0.3 is 19.7 Å². The Bertz CT molecular complexity index is 567. The van der Waals surface area contributed by atoms with Gasteiger partial charge in [-0.05, 0) is 13.0 Å². The molecule has 0 radical (unpaired) electrons. The number of hydrogen-bond acceptors (Lipinski definition) is 6. The zero-order chi connectivity index (χ0) is 14.5. The first-order chi connectivity index (χ1) is 9.63. The predicted octanol–water partition coefficient (Wildman–Crippen LogP) is 2.24. The van der Waals surface area contributed by atoms with E-state index in [4.69, 9.17) is 19.7 Å². The minimum Gasteiger partial charge on any atom is -0.497 e. The number of nitrogens with two attached hydrogens (primary N) is 1. The maximum absolute atomic E-state index is 5.93. The van der Waals surface area contributed by atoms with Crippen molar-refractivity contribution in [3.63, 3.8) is 0 Å². The number of ether oxygens (including phenoxy) is 2. The highest BCUT2D eigenvalue weighted by molar-refractivity contribution is 5.42. The van der Waals surface area contributed by atoms with Gasteiger partial charge in [0.2, 0.25) is 0 Å². The van der Waals surface area contributed by atoms with Crippen molar-refractivity contribution in [2.45, 2.75) is 32.9 Å². The molecule has 0 aliphatic heterocycles. The summed E-state index contributed by atoms with van der Waals surface area (Å²) < 4.78 is 16.0. The van der Waals surface area contributed by atoms with Crippen LogP contribution in [-0.4, -0.2) is 17.3 Å². The predicted molar refractivity (Wildman–Crippen MR) is 73.6 cm³/mol. The number of aryl methyl sites for hydroxylation is 1. The van der Waals surface area contributed by atoms with Crippen molar-refractivity contribution in [1.82, 2.24) is 10.1 Å². The molecule has 0 bridgehead atoms. The minimum atomic E-state index is -0.134. The van der Waals surface area contributed by atoms with Gasteiger partial charge in [-0.15, -0.1) is 0 Å². The van der Waals surface area contributed by atoms with Crippen LogP contribution in [-0.2, 0) is 13.0 Å². The molecule has 20 heavy (non-hydrogen) atoms. The summed E-state index contributed by atoms with van der Waals surface area (Å²) in [6.45, 7) is 4.07. The lowest BCUT2D eigenvalue weighted by atomic mass is 10.1. The van der Waals surface area contributed by atoms with Crippen molar-refractivity contribution in [2.24, 2.45) is 5.73 Å². The van der Waals surface area contributed by atoms with E-state index >= 15 is 0 Å². The number of aromatic nitrogens is 2. The highest BCUT2D eigenvalue weighted by Crippen LogP contribution is 2.29. The summed E-state index contributed by atoms with van der Waals surface area (Å²) >= 11 is 0. The number of hydrogen-bond donors (Lipinski definition) is 1. The summed E-state index contributed by atoms with van der Waals surface area (Å²) in [5.74, 6) is 2.49. The highest BCUT2D eigenvalue weighted by atomic mass is 16.5. The van der Waals surface area contributed by atoms with Crippen LogP contribution >= 0.6 is 0 Å². The maximum atomic E-state index is 5.93. The first-order valence-corrected chi connectivity index (χ1v) is 6.51. The van der Waals surface area contributed by atoms with Crippen LogP contribution in [0.3, 0.4) is 0 Å². The van der Waals surface area contributed by atoms with Crippen LogP contribution < -0.4 is 15.2 Å². The van der Waals surface area contributed by atoms with Gasteiger partial charge in [0, 0.05) is 24.1 Å². The maximum Gasteiger partial charge on any atom is 0.264 e. The second kappa shape index (κ2) is 6.38. The molecule has 6 heteroatoms. The Morgan fingerprint density at radius 2 is 2.20 bits per heavy atom. The van der Waals surface area contributed by atoms with E-state index in [0.717, 1.165) is 12.0 Å². The number of nitrogens with zero attached hydrogens (tertiary/aromatic N) is 2. The molecule has 0 spiro atoms. The van der Waals surface area contributed by atoms with Gasteiger partial charge in [0.1, 0.15) is 11.5 Å². The van der Waals surface area contributed by atoms with Gasteiger partial charge in [-0.1, -0.05) is 18.1 Å². The van der Waals surface area contributed by atoms with E-state index in [9.17, 15) is 0 Å². The van der Waals surface area contributed by atoms with Crippen LogP contribution in [0.1, 0.15) is 37.2 Å². The Labute approximate surface area is 117 Å². The quantitative estimate of drug-likeness (QED) is 0.871. The Kier molecular flexibility index (Phi) is 4.57. The Morgan fingerprint density at radius 3 is 2.80 bits per heavy atom. The molecule has 0 fully saturated rings. The van der Waals surface area contributed by atoms with Crippen LogP contribution in [0.2, 0.25) is 0 Å². The smallest absolute Gasteiger partial charge is 0.264 e. The molecule has 0 amide bonds. The van der Waals surface area contributed by atoms with Crippen molar-refractivity contribution in [2.75, 3.05) is 7.11 Å². The molecular weight excluding hydrogens is 258 g/mol. The van der Waals surface area contributed by atoms with E-state index in [1.807, 2.05) is 26.0 Å². The SMILES string of the molecule is CCc1noc(COc2cc(OC)ccc2[C@@H](C)N)n1. The van der Waals surface area contributed by atoms with E-state index in [1.54, 1.807) is 13.2 Å². The van der Waals surface area contributed by atoms with E-state index < -0.39 is 0 Å². The molecule has 6 nitrogen and oxygen atoms in total. The van der Waals surface area contributed by atoms with E-state index in [1.165, 1.54) is 0 Å². The lowest BCUT2D eigenvalue weighted by Crippen LogP contribution is -2.08. The molecule has 1 atom stereocenters. The van der Waals surface area contributed by atoms with Gasteiger partial charge in [0.05, 0.1) is 7.11 Å². The van der Waals surface area contributed by atoms with Crippen molar-refractivity contribution in [1.29, 1.82) is 0 Å². The molecule has 108 valence electrons. The minimum absolute atomic E-state index is 0.134. The topological polar surface area (TPSA) is 83.4 Å². The third-order valence-electron chi connectivity index (χ3n) is 2.89. The van der Waals surface area contributed by atoms with E-state index in [2.05, 4.69) is 10.1 Å².